The molecule has 1 amide bonds. The van der Waals surface area contributed by atoms with Gasteiger partial charge in [-0.2, -0.15) is 9.40 Å². The molecule has 3 heterocycles. The van der Waals surface area contributed by atoms with Gasteiger partial charge in [0.25, 0.3) is 5.91 Å². The Labute approximate surface area is 134 Å². The molecule has 0 aliphatic carbocycles. The van der Waals surface area contributed by atoms with E-state index in [9.17, 15) is 13.2 Å². The summed E-state index contributed by atoms with van der Waals surface area (Å²) in [5.41, 5.74) is 1.53. The summed E-state index contributed by atoms with van der Waals surface area (Å²) in [6.07, 6.45) is 6.79. The first kappa shape index (κ1) is 15.9. The van der Waals surface area contributed by atoms with Gasteiger partial charge in [0.2, 0.25) is 10.0 Å². The van der Waals surface area contributed by atoms with Crippen LogP contribution < -0.4 is 5.32 Å². The summed E-state index contributed by atoms with van der Waals surface area (Å²) in [6.45, 7) is 0.497. The fourth-order valence-corrected chi connectivity index (χ4v) is 4.19. The quantitative estimate of drug-likeness (QED) is 0.883. The van der Waals surface area contributed by atoms with E-state index < -0.39 is 10.0 Å². The fraction of sp³-hybridized carbons (Fsp3) is 0.500. The Balaban J connectivity index is 2.12. The molecule has 1 fully saturated rings. The van der Waals surface area contributed by atoms with Crippen molar-refractivity contribution in [1.82, 2.24) is 24.2 Å². The van der Waals surface area contributed by atoms with Crippen LogP contribution in [0.5, 0.6) is 0 Å². The number of fused-ring (bicyclic) bond motifs is 1. The summed E-state index contributed by atoms with van der Waals surface area (Å²) < 4.78 is 27.2. The van der Waals surface area contributed by atoms with Crippen LogP contribution in [0.3, 0.4) is 0 Å². The van der Waals surface area contributed by atoms with Crippen LogP contribution in [-0.2, 0) is 10.0 Å². The predicted molar refractivity (Wildman–Crippen MR) is 84.5 cm³/mol. The van der Waals surface area contributed by atoms with Gasteiger partial charge in [0, 0.05) is 19.8 Å². The largest absolute Gasteiger partial charge is 0.355 e. The molecule has 2 aromatic rings. The van der Waals surface area contributed by atoms with Gasteiger partial charge in [-0.25, -0.2) is 17.9 Å². The Hall–Kier alpha value is -2.00. The maximum atomic E-state index is 12.1. The lowest BCUT2D eigenvalue weighted by molar-refractivity contribution is 0.0964. The molecule has 0 radical (unpaired) electrons. The van der Waals surface area contributed by atoms with Crippen molar-refractivity contribution in [2.45, 2.75) is 25.3 Å². The molecule has 1 unspecified atom stereocenters. The SMILES string of the molecule is CNC(=O)c1cnn2c(C3CCCCN3S(C)(=O)=O)ccnc12. The first-order valence-electron chi connectivity index (χ1n) is 7.45. The van der Waals surface area contributed by atoms with E-state index in [1.54, 1.807) is 23.8 Å². The number of hydrogen-bond acceptors (Lipinski definition) is 5. The van der Waals surface area contributed by atoms with Crippen molar-refractivity contribution in [3.8, 4) is 0 Å². The van der Waals surface area contributed by atoms with Crippen LogP contribution >= 0.6 is 0 Å². The lowest BCUT2D eigenvalue weighted by Gasteiger charge is -2.33. The van der Waals surface area contributed by atoms with Crippen molar-refractivity contribution in [3.05, 3.63) is 29.7 Å². The summed E-state index contributed by atoms with van der Waals surface area (Å²) in [5.74, 6) is -0.270. The number of nitrogens with zero attached hydrogens (tertiary/aromatic N) is 4. The summed E-state index contributed by atoms with van der Waals surface area (Å²) in [7, 11) is -1.77. The highest BCUT2D eigenvalue weighted by Crippen LogP contribution is 2.32. The van der Waals surface area contributed by atoms with Crippen LogP contribution in [-0.4, -0.2) is 53.1 Å². The fourth-order valence-electron chi connectivity index (χ4n) is 3.05. The van der Waals surface area contributed by atoms with Gasteiger partial charge >= 0.3 is 0 Å². The molecular formula is C14H19N5O3S. The maximum absolute atomic E-state index is 12.1. The third-order valence-corrected chi connectivity index (χ3v) is 5.41. The number of nitrogens with one attached hydrogen (secondary N) is 1. The first-order chi connectivity index (χ1) is 10.9. The van der Waals surface area contributed by atoms with E-state index in [1.165, 1.54) is 16.8 Å². The Bertz CT molecular complexity index is 845. The number of hydrogen-bond donors (Lipinski definition) is 1. The molecule has 0 bridgehead atoms. The molecule has 124 valence electrons. The summed E-state index contributed by atoms with van der Waals surface area (Å²) in [6, 6.07) is 1.48. The second-order valence-electron chi connectivity index (χ2n) is 5.63. The second kappa shape index (κ2) is 5.89. The van der Waals surface area contributed by atoms with Crippen molar-refractivity contribution in [3.63, 3.8) is 0 Å². The molecule has 0 saturated carbocycles. The highest BCUT2D eigenvalue weighted by molar-refractivity contribution is 7.88. The highest BCUT2D eigenvalue weighted by Gasteiger charge is 2.32. The molecule has 1 atom stereocenters. The predicted octanol–water partition coefficient (Wildman–Crippen LogP) is 0.575. The number of aromatic nitrogens is 3. The number of sulfonamides is 1. The van der Waals surface area contributed by atoms with Gasteiger partial charge in [-0.05, 0) is 18.9 Å². The molecular weight excluding hydrogens is 318 g/mol. The van der Waals surface area contributed by atoms with Gasteiger partial charge in [-0.15, -0.1) is 0 Å². The summed E-state index contributed by atoms with van der Waals surface area (Å²) >= 11 is 0. The Morgan fingerprint density at radius 2 is 2.17 bits per heavy atom. The molecule has 1 aliphatic heterocycles. The standard InChI is InChI=1S/C14H19N5O3S/c1-15-14(20)10-9-17-19-12(6-7-16-13(10)19)11-5-3-4-8-18(11)23(2,21)22/h6-7,9,11H,3-5,8H2,1-2H3,(H,15,20). The molecule has 8 nitrogen and oxygen atoms in total. The van der Waals surface area contributed by atoms with Crippen molar-refractivity contribution in [1.29, 1.82) is 0 Å². The number of amides is 1. The minimum atomic E-state index is -3.31. The normalized spacial score (nSPS) is 19.8. The zero-order valence-electron chi connectivity index (χ0n) is 13.1. The van der Waals surface area contributed by atoms with Gasteiger partial charge in [0.05, 0.1) is 24.2 Å². The van der Waals surface area contributed by atoms with Gasteiger partial charge in [-0.1, -0.05) is 6.42 Å². The lowest BCUT2D eigenvalue weighted by atomic mass is 10.0. The maximum Gasteiger partial charge on any atom is 0.256 e. The van der Waals surface area contributed by atoms with E-state index in [1.807, 2.05) is 0 Å². The van der Waals surface area contributed by atoms with Crippen LogP contribution in [0.15, 0.2) is 18.5 Å². The Morgan fingerprint density at radius 1 is 1.39 bits per heavy atom. The Morgan fingerprint density at radius 3 is 2.87 bits per heavy atom. The molecule has 0 aromatic carbocycles. The van der Waals surface area contributed by atoms with Crippen molar-refractivity contribution < 1.29 is 13.2 Å². The molecule has 2 aromatic heterocycles. The molecule has 9 heteroatoms. The van der Waals surface area contributed by atoms with E-state index in [0.717, 1.165) is 25.0 Å². The van der Waals surface area contributed by atoms with Gasteiger partial charge in [0.1, 0.15) is 5.56 Å². The average molecular weight is 337 g/mol. The second-order valence-corrected chi connectivity index (χ2v) is 7.56. The molecule has 1 aliphatic rings. The molecule has 23 heavy (non-hydrogen) atoms. The Kier molecular flexibility index (Phi) is 4.07. The lowest BCUT2D eigenvalue weighted by Crippen LogP contribution is -2.38. The van der Waals surface area contributed by atoms with Crippen LogP contribution in [0.1, 0.15) is 41.4 Å². The summed E-state index contributed by atoms with van der Waals surface area (Å²) in [5, 5.41) is 6.80. The average Bonchev–Trinajstić information content (AvgIpc) is 2.97. The van der Waals surface area contributed by atoms with Gasteiger partial charge < -0.3 is 5.32 Å². The van der Waals surface area contributed by atoms with Crippen LogP contribution in [0.2, 0.25) is 0 Å². The van der Waals surface area contributed by atoms with Crippen LogP contribution in [0.4, 0.5) is 0 Å². The smallest absolute Gasteiger partial charge is 0.256 e. The molecule has 0 spiro atoms. The minimum absolute atomic E-state index is 0.270. The molecule has 1 saturated heterocycles. The zero-order valence-corrected chi connectivity index (χ0v) is 13.9. The van der Waals surface area contributed by atoms with E-state index in [2.05, 4.69) is 15.4 Å². The number of piperidine rings is 1. The van der Waals surface area contributed by atoms with Gasteiger partial charge in [0.15, 0.2) is 5.65 Å². The molecule has 1 N–H and O–H groups in total. The van der Waals surface area contributed by atoms with Gasteiger partial charge in [-0.3, -0.25) is 4.79 Å². The third-order valence-electron chi connectivity index (χ3n) is 4.12. The number of carbonyl (C=O) groups is 1. The molecule has 3 rings (SSSR count). The van der Waals surface area contributed by atoms with Crippen LogP contribution in [0, 0.1) is 0 Å². The number of carbonyl (C=O) groups excluding carboxylic acids is 1. The van der Waals surface area contributed by atoms with E-state index in [-0.39, 0.29) is 11.9 Å². The monoisotopic (exact) mass is 337 g/mol. The minimum Gasteiger partial charge on any atom is -0.355 e. The first-order valence-corrected chi connectivity index (χ1v) is 9.30. The third kappa shape index (κ3) is 2.81. The van der Waals surface area contributed by atoms with E-state index in [4.69, 9.17) is 0 Å². The van der Waals surface area contributed by atoms with Crippen molar-refractivity contribution in [2.75, 3.05) is 19.8 Å². The van der Waals surface area contributed by atoms with Crippen molar-refractivity contribution >= 4 is 21.6 Å². The van der Waals surface area contributed by atoms with E-state index >= 15 is 0 Å². The number of rotatable bonds is 3. The zero-order chi connectivity index (χ0) is 16.6. The van der Waals surface area contributed by atoms with E-state index in [0.29, 0.717) is 17.8 Å². The van der Waals surface area contributed by atoms with Crippen molar-refractivity contribution in [2.24, 2.45) is 0 Å². The summed E-state index contributed by atoms with van der Waals surface area (Å²) in [4.78, 5) is 16.1. The highest BCUT2D eigenvalue weighted by atomic mass is 32.2. The topological polar surface area (TPSA) is 96.7 Å². The van der Waals surface area contributed by atoms with Crippen LogP contribution in [0.25, 0.3) is 5.65 Å².